The van der Waals surface area contributed by atoms with E-state index in [9.17, 15) is 22.4 Å². The molecule has 0 bridgehead atoms. The van der Waals surface area contributed by atoms with Gasteiger partial charge in [-0.1, -0.05) is 24.3 Å². The number of rotatable bonds is 8. The largest absolute Gasteiger partial charge is 0.356 e. The van der Waals surface area contributed by atoms with Crippen molar-refractivity contribution in [3.63, 3.8) is 0 Å². The van der Waals surface area contributed by atoms with Gasteiger partial charge in [-0.15, -0.1) is 0 Å². The first-order chi connectivity index (χ1) is 15.7. The Hall–Kier alpha value is -2.78. The molecule has 0 unspecified atom stereocenters. The summed E-state index contributed by atoms with van der Waals surface area (Å²) in [4.78, 5) is 26.5. The Kier molecular flexibility index (Phi) is 8.20. The van der Waals surface area contributed by atoms with Gasteiger partial charge in [-0.25, -0.2) is 12.8 Å². The number of nitrogens with zero attached hydrogens (tertiary/aromatic N) is 2. The first-order valence-corrected chi connectivity index (χ1v) is 12.5. The van der Waals surface area contributed by atoms with Crippen LogP contribution in [0.1, 0.15) is 29.5 Å². The lowest BCUT2D eigenvalue weighted by Gasteiger charge is -2.34. The molecule has 7 nitrogen and oxygen atoms in total. The fourth-order valence-corrected chi connectivity index (χ4v) is 5.50. The van der Waals surface area contributed by atoms with Gasteiger partial charge in [0.2, 0.25) is 21.8 Å². The molecule has 1 saturated heterocycles. The van der Waals surface area contributed by atoms with E-state index in [1.807, 2.05) is 13.0 Å². The minimum Gasteiger partial charge on any atom is -0.356 e. The van der Waals surface area contributed by atoms with Crippen LogP contribution in [0, 0.1) is 19.7 Å². The van der Waals surface area contributed by atoms with Gasteiger partial charge in [-0.05, 0) is 55.2 Å². The number of halogens is 1. The van der Waals surface area contributed by atoms with Crippen LogP contribution in [-0.4, -0.2) is 62.2 Å². The van der Waals surface area contributed by atoms with Crippen molar-refractivity contribution in [2.45, 2.75) is 38.0 Å². The second kappa shape index (κ2) is 10.9. The average Bonchev–Trinajstić information content (AvgIpc) is 2.80. The number of benzene rings is 2. The molecule has 0 aromatic heterocycles. The Morgan fingerprint density at radius 2 is 1.64 bits per heavy atom. The molecule has 2 aromatic carbocycles. The maximum absolute atomic E-state index is 13.0. The lowest BCUT2D eigenvalue weighted by atomic mass is 10.1. The van der Waals surface area contributed by atoms with Crippen LogP contribution in [0.5, 0.6) is 0 Å². The number of sulfonamides is 1. The number of aryl methyl sites for hydroxylation is 2. The van der Waals surface area contributed by atoms with Crippen molar-refractivity contribution in [2.24, 2.45) is 0 Å². The molecule has 0 radical (unpaired) electrons. The molecule has 2 amide bonds. The fourth-order valence-electron chi connectivity index (χ4n) is 3.77. The molecule has 0 saturated carbocycles. The maximum Gasteiger partial charge on any atom is 0.243 e. The first kappa shape index (κ1) is 24.9. The normalized spacial score (nSPS) is 14.8. The van der Waals surface area contributed by atoms with E-state index < -0.39 is 10.0 Å². The molecule has 0 atom stereocenters. The van der Waals surface area contributed by atoms with Crippen molar-refractivity contribution in [2.75, 3.05) is 32.7 Å². The van der Waals surface area contributed by atoms with Gasteiger partial charge in [-0.2, -0.15) is 4.31 Å². The van der Waals surface area contributed by atoms with Gasteiger partial charge in [0.25, 0.3) is 0 Å². The van der Waals surface area contributed by atoms with E-state index >= 15 is 0 Å². The molecule has 1 N–H and O–H groups in total. The summed E-state index contributed by atoms with van der Waals surface area (Å²) < 4.78 is 40.4. The smallest absolute Gasteiger partial charge is 0.243 e. The molecular weight excluding hydrogens is 445 g/mol. The Morgan fingerprint density at radius 3 is 2.30 bits per heavy atom. The predicted molar refractivity (Wildman–Crippen MR) is 124 cm³/mol. The molecule has 33 heavy (non-hydrogen) atoms. The third-order valence-electron chi connectivity index (χ3n) is 5.77. The van der Waals surface area contributed by atoms with Gasteiger partial charge >= 0.3 is 0 Å². The van der Waals surface area contributed by atoms with Gasteiger partial charge in [0.05, 0.1) is 4.90 Å². The number of piperazine rings is 1. The van der Waals surface area contributed by atoms with Crippen LogP contribution < -0.4 is 5.32 Å². The summed E-state index contributed by atoms with van der Waals surface area (Å²) in [6, 6.07) is 11.5. The average molecular weight is 476 g/mol. The van der Waals surface area contributed by atoms with Gasteiger partial charge in [0.1, 0.15) is 5.82 Å². The highest BCUT2D eigenvalue weighted by Crippen LogP contribution is 2.22. The molecule has 0 aliphatic carbocycles. The second-order valence-corrected chi connectivity index (χ2v) is 10.2. The number of hydrogen-bond donors (Lipinski definition) is 1. The zero-order chi connectivity index (χ0) is 24.0. The van der Waals surface area contributed by atoms with Crippen molar-refractivity contribution in [3.8, 4) is 0 Å². The van der Waals surface area contributed by atoms with Crippen LogP contribution in [0.3, 0.4) is 0 Å². The molecule has 1 fully saturated rings. The predicted octanol–water partition coefficient (Wildman–Crippen LogP) is 2.41. The third-order valence-corrected chi connectivity index (χ3v) is 7.81. The standard InChI is InChI=1S/C24H30FN3O4S/c1-18-3-4-19(2)22(17-18)33(31,32)28-15-13-27(14-16-28)24(30)10-9-23(29)26-12-11-20-5-7-21(25)8-6-20/h3-8,17H,9-16H2,1-2H3,(H,26,29). The number of amides is 2. The van der Waals surface area contributed by atoms with Crippen molar-refractivity contribution < 1.29 is 22.4 Å². The summed E-state index contributed by atoms with van der Waals surface area (Å²) in [7, 11) is -3.62. The molecule has 1 heterocycles. The highest BCUT2D eigenvalue weighted by molar-refractivity contribution is 7.89. The van der Waals surface area contributed by atoms with Crippen LogP contribution in [0.4, 0.5) is 4.39 Å². The zero-order valence-electron chi connectivity index (χ0n) is 19.0. The number of nitrogens with one attached hydrogen (secondary N) is 1. The summed E-state index contributed by atoms with van der Waals surface area (Å²) >= 11 is 0. The SMILES string of the molecule is Cc1ccc(C)c(S(=O)(=O)N2CCN(C(=O)CCC(=O)NCCc3ccc(F)cc3)CC2)c1. The highest BCUT2D eigenvalue weighted by Gasteiger charge is 2.31. The summed E-state index contributed by atoms with van der Waals surface area (Å²) in [5.74, 6) is -0.681. The van der Waals surface area contributed by atoms with Crippen molar-refractivity contribution in [1.82, 2.24) is 14.5 Å². The van der Waals surface area contributed by atoms with Gasteiger partial charge in [-0.3, -0.25) is 9.59 Å². The number of carbonyl (C=O) groups is 2. The lowest BCUT2D eigenvalue weighted by Crippen LogP contribution is -2.50. The fraction of sp³-hybridized carbons (Fsp3) is 0.417. The lowest BCUT2D eigenvalue weighted by molar-refractivity contribution is -0.134. The first-order valence-electron chi connectivity index (χ1n) is 11.0. The van der Waals surface area contributed by atoms with E-state index in [1.54, 1.807) is 36.1 Å². The van der Waals surface area contributed by atoms with Crippen LogP contribution in [0.2, 0.25) is 0 Å². The maximum atomic E-state index is 13.0. The molecular formula is C24H30FN3O4S. The van der Waals surface area contributed by atoms with E-state index in [2.05, 4.69) is 5.32 Å². The quantitative estimate of drug-likeness (QED) is 0.635. The van der Waals surface area contributed by atoms with E-state index in [-0.39, 0.29) is 43.6 Å². The molecule has 1 aliphatic rings. The van der Waals surface area contributed by atoms with Gasteiger partial charge in [0.15, 0.2) is 0 Å². The monoisotopic (exact) mass is 475 g/mol. The zero-order valence-corrected chi connectivity index (χ0v) is 19.8. The second-order valence-electron chi connectivity index (χ2n) is 8.28. The van der Waals surface area contributed by atoms with Crippen molar-refractivity contribution in [1.29, 1.82) is 0 Å². The van der Waals surface area contributed by atoms with E-state index in [1.165, 1.54) is 16.4 Å². The van der Waals surface area contributed by atoms with Gasteiger partial charge < -0.3 is 10.2 Å². The Balaban J connectivity index is 1.42. The summed E-state index contributed by atoms with van der Waals surface area (Å²) in [5.41, 5.74) is 2.50. The van der Waals surface area contributed by atoms with E-state index in [0.717, 1.165) is 11.1 Å². The number of carbonyl (C=O) groups excluding carboxylic acids is 2. The third kappa shape index (κ3) is 6.61. The van der Waals surface area contributed by atoms with Crippen LogP contribution in [0.15, 0.2) is 47.4 Å². The Labute approximate surface area is 194 Å². The molecule has 1 aliphatic heterocycles. The number of hydrogen-bond acceptors (Lipinski definition) is 4. The Bertz CT molecular complexity index is 1100. The molecule has 178 valence electrons. The topological polar surface area (TPSA) is 86.8 Å². The minimum absolute atomic E-state index is 0.0727. The molecule has 0 spiro atoms. The van der Waals surface area contributed by atoms with Crippen LogP contribution in [0.25, 0.3) is 0 Å². The summed E-state index contributed by atoms with van der Waals surface area (Å²) in [6.45, 7) is 5.10. The van der Waals surface area contributed by atoms with E-state index in [0.29, 0.717) is 36.5 Å². The minimum atomic E-state index is -3.62. The van der Waals surface area contributed by atoms with Crippen molar-refractivity contribution in [3.05, 3.63) is 65.0 Å². The molecule has 9 heteroatoms. The molecule has 2 aromatic rings. The van der Waals surface area contributed by atoms with Crippen molar-refractivity contribution >= 4 is 21.8 Å². The summed E-state index contributed by atoms with van der Waals surface area (Å²) in [6.07, 6.45) is 0.728. The van der Waals surface area contributed by atoms with Crippen LogP contribution >= 0.6 is 0 Å². The highest BCUT2D eigenvalue weighted by atomic mass is 32.2. The molecule has 3 rings (SSSR count). The Morgan fingerprint density at radius 1 is 0.970 bits per heavy atom. The van der Waals surface area contributed by atoms with Gasteiger partial charge in [0, 0.05) is 45.6 Å². The van der Waals surface area contributed by atoms with Crippen LogP contribution in [-0.2, 0) is 26.0 Å². The van der Waals surface area contributed by atoms with E-state index in [4.69, 9.17) is 0 Å². The summed E-state index contributed by atoms with van der Waals surface area (Å²) in [5, 5.41) is 2.77.